The van der Waals surface area contributed by atoms with Crippen molar-refractivity contribution in [2.45, 2.75) is 0 Å². The van der Waals surface area contributed by atoms with Crippen molar-refractivity contribution in [3.8, 4) is 0 Å². The minimum Gasteiger partial charge on any atom is -0.398 e. The number of nitrogens with zero attached hydrogens (tertiary/aromatic N) is 1. The molecular formula is C15H10Br2FN3. The van der Waals surface area contributed by atoms with E-state index in [2.05, 4.69) is 42.2 Å². The standard InChI is InChI=1S/C15H10Br2FN3/c16-8-1-2-11(18)14(6-8)21-13-4-3-12(19)10-5-9(17)7-20-15(10)13/h1-7,21H,19H2. The lowest BCUT2D eigenvalue weighted by molar-refractivity contribution is 0.631. The van der Waals surface area contributed by atoms with Crippen molar-refractivity contribution in [3.63, 3.8) is 0 Å². The number of anilines is 3. The summed E-state index contributed by atoms with van der Waals surface area (Å²) in [7, 11) is 0. The van der Waals surface area contributed by atoms with Crippen LogP contribution >= 0.6 is 31.9 Å². The molecule has 0 radical (unpaired) electrons. The van der Waals surface area contributed by atoms with Gasteiger partial charge in [-0.25, -0.2) is 4.39 Å². The summed E-state index contributed by atoms with van der Waals surface area (Å²) in [4.78, 5) is 4.37. The van der Waals surface area contributed by atoms with Crippen LogP contribution in [0.3, 0.4) is 0 Å². The minimum atomic E-state index is -0.333. The Hall–Kier alpha value is -1.66. The molecule has 0 saturated heterocycles. The quantitative estimate of drug-likeness (QED) is 0.569. The van der Waals surface area contributed by atoms with Crippen LogP contribution in [0, 0.1) is 5.82 Å². The first-order valence-electron chi connectivity index (χ1n) is 6.10. The lowest BCUT2D eigenvalue weighted by Gasteiger charge is -2.12. The monoisotopic (exact) mass is 409 g/mol. The molecule has 3 nitrogen and oxygen atoms in total. The second kappa shape index (κ2) is 5.61. The number of nitrogen functional groups attached to an aromatic ring is 1. The molecule has 106 valence electrons. The number of rotatable bonds is 2. The van der Waals surface area contributed by atoms with E-state index in [-0.39, 0.29) is 5.82 Å². The first-order valence-corrected chi connectivity index (χ1v) is 7.69. The van der Waals surface area contributed by atoms with E-state index in [1.807, 2.05) is 6.07 Å². The Morgan fingerprint density at radius 1 is 1.00 bits per heavy atom. The average molecular weight is 411 g/mol. The second-order valence-corrected chi connectivity index (χ2v) is 6.33. The number of aromatic nitrogens is 1. The van der Waals surface area contributed by atoms with E-state index in [0.717, 1.165) is 14.3 Å². The van der Waals surface area contributed by atoms with Crippen LogP contribution in [-0.4, -0.2) is 4.98 Å². The molecule has 1 aromatic heterocycles. The summed E-state index contributed by atoms with van der Waals surface area (Å²) >= 11 is 6.71. The molecule has 21 heavy (non-hydrogen) atoms. The van der Waals surface area contributed by atoms with Crippen LogP contribution in [0.1, 0.15) is 0 Å². The molecular weight excluding hydrogens is 401 g/mol. The van der Waals surface area contributed by atoms with Crippen molar-refractivity contribution < 1.29 is 4.39 Å². The van der Waals surface area contributed by atoms with Crippen molar-refractivity contribution in [1.29, 1.82) is 0 Å². The van der Waals surface area contributed by atoms with E-state index in [0.29, 0.717) is 22.6 Å². The zero-order valence-electron chi connectivity index (χ0n) is 10.7. The van der Waals surface area contributed by atoms with Gasteiger partial charge in [0.2, 0.25) is 0 Å². The first-order chi connectivity index (χ1) is 10.0. The summed E-state index contributed by atoms with van der Waals surface area (Å²) in [5.41, 5.74) is 8.36. The molecule has 0 amide bonds. The van der Waals surface area contributed by atoms with Crippen LogP contribution in [0.5, 0.6) is 0 Å². The maximum atomic E-state index is 13.9. The molecule has 0 saturated carbocycles. The van der Waals surface area contributed by atoms with E-state index in [1.54, 1.807) is 30.5 Å². The highest BCUT2D eigenvalue weighted by Crippen LogP contribution is 2.32. The predicted octanol–water partition coefficient (Wildman–Crippen LogP) is 5.22. The second-order valence-electron chi connectivity index (χ2n) is 4.50. The summed E-state index contributed by atoms with van der Waals surface area (Å²) in [5.74, 6) is -0.333. The van der Waals surface area contributed by atoms with E-state index < -0.39 is 0 Å². The van der Waals surface area contributed by atoms with Gasteiger partial charge in [-0.1, -0.05) is 15.9 Å². The Kier molecular flexibility index (Phi) is 3.82. The largest absolute Gasteiger partial charge is 0.398 e. The van der Waals surface area contributed by atoms with Crippen LogP contribution in [0.15, 0.2) is 51.5 Å². The Morgan fingerprint density at radius 2 is 1.81 bits per heavy atom. The molecule has 0 bridgehead atoms. The molecule has 3 aromatic rings. The van der Waals surface area contributed by atoms with Crippen molar-refractivity contribution in [2.75, 3.05) is 11.1 Å². The Morgan fingerprint density at radius 3 is 2.62 bits per heavy atom. The normalized spacial score (nSPS) is 10.8. The van der Waals surface area contributed by atoms with E-state index >= 15 is 0 Å². The lowest BCUT2D eigenvalue weighted by Crippen LogP contribution is -1.98. The van der Waals surface area contributed by atoms with Gasteiger partial charge >= 0.3 is 0 Å². The highest BCUT2D eigenvalue weighted by atomic mass is 79.9. The molecule has 0 aliphatic heterocycles. The Bertz CT molecular complexity index is 837. The van der Waals surface area contributed by atoms with Crippen molar-refractivity contribution >= 4 is 59.8 Å². The van der Waals surface area contributed by atoms with E-state index in [9.17, 15) is 4.39 Å². The van der Waals surface area contributed by atoms with Gasteiger partial charge in [-0.2, -0.15) is 0 Å². The third-order valence-corrected chi connectivity index (χ3v) is 3.97. The smallest absolute Gasteiger partial charge is 0.146 e. The predicted molar refractivity (Wildman–Crippen MR) is 91.2 cm³/mol. The molecule has 0 unspecified atom stereocenters. The number of hydrogen-bond donors (Lipinski definition) is 2. The van der Waals surface area contributed by atoms with E-state index in [4.69, 9.17) is 5.73 Å². The highest BCUT2D eigenvalue weighted by Gasteiger charge is 2.09. The van der Waals surface area contributed by atoms with E-state index in [1.165, 1.54) is 6.07 Å². The fraction of sp³-hybridized carbons (Fsp3) is 0. The van der Waals surface area contributed by atoms with Crippen LogP contribution in [-0.2, 0) is 0 Å². The lowest BCUT2D eigenvalue weighted by atomic mass is 10.1. The Labute approximate surface area is 137 Å². The maximum absolute atomic E-state index is 13.9. The summed E-state index contributed by atoms with van der Waals surface area (Å²) in [6.45, 7) is 0. The zero-order chi connectivity index (χ0) is 15.0. The van der Waals surface area contributed by atoms with Crippen LogP contribution in [0.25, 0.3) is 10.9 Å². The molecule has 2 aromatic carbocycles. The van der Waals surface area contributed by atoms with Gasteiger partial charge in [0.15, 0.2) is 0 Å². The first kappa shape index (κ1) is 14.3. The topological polar surface area (TPSA) is 50.9 Å². The molecule has 0 aliphatic carbocycles. The summed E-state index contributed by atoms with van der Waals surface area (Å²) in [6, 6.07) is 10.2. The fourth-order valence-electron chi connectivity index (χ4n) is 2.06. The van der Waals surface area contributed by atoms with Crippen molar-refractivity contribution in [3.05, 3.63) is 57.4 Å². The maximum Gasteiger partial charge on any atom is 0.146 e. The van der Waals surface area contributed by atoms with Gasteiger partial charge in [0.05, 0.1) is 16.9 Å². The van der Waals surface area contributed by atoms with Gasteiger partial charge < -0.3 is 11.1 Å². The molecule has 0 atom stereocenters. The highest BCUT2D eigenvalue weighted by molar-refractivity contribution is 9.10. The summed E-state index contributed by atoms with van der Waals surface area (Å²) in [5, 5.41) is 3.87. The molecule has 0 fully saturated rings. The van der Waals surface area contributed by atoms with Gasteiger partial charge in [-0.15, -0.1) is 0 Å². The number of fused-ring (bicyclic) bond motifs is 1. The van der Waals surface area contributed by atoms with Crippen molar-refractivity contribution in [1.82, 2.24) is 4.98 Å². The number of hydrogen-bond acceptors (Lipinski definition) is 3. The SMILES string of the molecule is Nc1ccc(Nc2cc(Br)ccc2F)c2ncc(Br)cc12. The number of pyridine rings is 1. The third kappa shape index (κ3) is 2.87. The average Bonchev–Trinajstić information content (AvgIpc) is 2.46. The van der Waals surface area contributed by atoms with Crippen molar-refractivity contribution in [2.24, 2.45) is 0 Å². The third-order valence-electron chi connectivity index (χ3n) is 3.05. The van der Waals surface area contributed by atoms with Gasteiger partial charge in [0, 0.05) is 26.2 Å². The van der Waals surface area contributed by atoms with Gasteiger partial charge in [-0.05, 0) is 52.3 Å². The molecule has 6 heteroatoms. The van der Waals surface area contributed by atoms with Crippen LogP contribution < -0.4 is 11.1 Å². The summed E-state index contributed by atoms with van der Waals surface area (Å²) < 4.78 is 15.5. The molecule has 0 aliphatic rings. The molecule has 3 rings (SSSR count). The number of halogens is 3. The number of benzene rings is 2. The number of nitrogens with two attached hydrogens (primary N) is 1. The molecule has 0 spiro atoms. The number of nitrogens with one attached hydrogen (secondary N) is 1. The van der Waals surface area contributed by atoms with Gasteiger partial charge in [-0.3, -0.25) is 4.98 Å². The zero-order valence-corrected chi connectivity index (χ0v) is 13.9. The molecule has 1 heterocycles. The Balaban J connectivity index is 2.13. The molecule has 3 N–H and O–H groups in total. The van der Waals surface area contributed by atoms with Gasteiger partial charge in [0.25, 0.3) is 0 Å². The summed E-state index contributed by atoms with van der Waals surface area (Å²) in [6.07, 6.45) is 1.68. The van der Waals surface area contributed by atoms with Crippen LogP contribution in [0.2, 0.25) is 0 Å². The van der Waals surface area contributed by atoms with Gasteiger partial charge in [0.1, 0.15) is 5.82 Å². The fourth-order valence-corrected chi connectivity index (χ4v) is 2.75. The minimum absolute atomic E-state index is 0.333. The van der Waals surface area contributed by atoms with Crippen LogP contribution in [0.4, 0.5) is 21.5 Å².